The van der Waals surface area contributed by atoms with Crippen molar-refractivity contribution >= 4 is 22.8 Å². The molecule has 6 nitrogen and oxygen atoms in total. The zero-order valence-corrected chi connectivity index (χ0v) is 10.5. The van der Waals surface area contributed by atoms with Crippen molar-refractivity contribution in [2.75, 3.05) is 18.0 Å². The lowest BCUT2D eigenvalue weighted by Crippen LogP contribution is -2.32. The molecule has 1 fully saturated rings. The van der Waals surface area contributed by atoms with E-state index in [0.29, 0.717) is 17.0 Å². The zero-order valence-electron chi connectivity index (χ0n) is 10.5. The first-order valence-corrected chi connectivity index (χ1v) is 6.41. The average molecular weight is 257 g/mol. The van der Waals surface area contributed by atoms with Crippen LogP contribution in [0.25, 0.3) is 11.0 Å². The zero-order chi connectivity index (χ0) is 13.2. The van der Waals surface area contributed by atoms with E-state index >= 15 is 0 Å². The molecule has 0 saturated carbocycles. The van der Waals surface area contributed by atoms with Crippen LogP contribution in [-0.4, -0.2) is 33.9 Å². The Bertz CT molecular complexity index is 621. The first kappa shape index (κ1) is 11.8. The summed E-state index contributed by atoms with van der Waals surface area (Å²) in [6, 6.07) is 1.73. The predicted molar refractivity (Wildman–Crippen MR) is 71.9 cm³/mol. The van der Waals surface area contributed by atoms with E-state index < -0.39 is 5.91 Å². The molecule has 3 rings (SSSR count). The Morgan fingerprint density at radius 3 is 2.79 bits per heavy atom. The van der Waals surface area contributed by atoms with Crippen molar-refractivity contribution in [3.05, 3.63) is 24.2 Å². The van der Waals surface area contributed by atoms with E-state index in [-0.39, 0.29) is 0 Å². The fourth-order valence-corrected chi connectivity index (χ4v) is 2.44. The van der Waals surface area contributed by atoms with Crippen LogP contribution >= 0.6 is 0 Å². The van der Waals surface area contributed by atoms with E-state index in [1.54, 1.807) is 12.3 Å². The maximum atomic E-state index is 11.6. The Kier molecular flexibility index (Phi) is 2.98. The highest BCUT2D eigenvalue weighted by molar-refractivity contribution is 6.00. The van der Waals surface area contributed by atoms with E-state index in [2.05, 4.69) is 19.9 Å². The number of carbonyl (C=O) groups is 1. The number of hydrogen-bond donors (Lipinski definition) is 1. The number of primary amides is 1. The monoisotopic (exact) mass is 257 g/mol. The summed E-state index contributed by atoms with van der Waals surface area (Å²) < 4.78 is 0. The average Bonchev–Trinajstić information content (AvgIpc) is 2.46. The first-order valence-electron chi connectivity index (χ1n) is 6.41. The third-order valence-corrected chi connectivity index (χ3v) is 3.39. The van der Waals surface area contributed by atoms with E-state index in [4.69, 9.17) is 5.73 Å². The van der Waals surface area contributed by atoms with Crippen LogP contribution in [0.15, 0.2) is 18.6 Å². The standard InChI is InChI=1S/C13H15N5O/c14-11(19)10-6-9-7-15-8-16-12(9)17-13(10)18-4-2-1-3-5-18/h6-8H,1-5H2,(H2,14,19). The molecule has 2 N–H and O–H groups in total. The Morgan fingerprint density at radius 2 is 2.05 bits per heavy atom. The molecule has 19 heavy (non-hydrogen) atoms. The fourth-order valence-electron chi connectivity index (χ4n) is 2.44. The lowest BCUT2D eigenvalue weighted by molar-refractivity contribution is 0.100. The van der Waals surface area contributed by atoms with Gasteiger partial charge in [0.1, 0.15) is 12.1 Å². The fraction of sp³-hybridized carbons (Fsp3) is 0.385. The van der Waals surface area contributed by atoms with Crippen LogP contribution in [0.2, 0.25) is 0 Å². The van der Waals surface area contributed by atoms with Gasteiger partial charge in [0.25, 0.3) is 5.91 Å². The summed E-state index contributed by atoms with van der Waals surface area (Å²) in [5.74, 6) is 0.192. The number of aromatic nitrogens is 3. The minimum absolute atomic E-state index is 0.448. The molecular weight excluding hydrogens is 242 g/mol. The summed E-state index contributed by atoms with van der Waals surface area (Å²) >= 11 is 0. The van der Waals surface area contributed by atoms with Crippen molar-refractivity contribution in [1.29, 1.82) is 0 Å². The lowest BCUT2D eigenvalue weighted by Gasteiger charge is -2.29. The SMILES string of the molecule is NC(=O)c1cc2cncnc2nc1N1CCCCC1. The molecule has 0 aromatic carbocycles. The molecule has 6 heteroatoms. The van der Waals surface area contributed by atoms with Crippen LogP contribution < -0.4 is 10.6 Å². The molecule has 0 spiro atoms. The van der Waals surface area contributed by atoms with E-state index in [0.717, 1.165) is 31.3 Å². The van der Waals surface area contributed by atoms with Crippen LogP contribution in [0.4, 0.5) is 5.82 Å². The van der Waals surface area contributed by atoms with Crippen LogP contribution in [0.1, 0.15) is 29.6 Å². The lowest BCUT2D eigenvalue weighted by atomic mass is 10.1. The van der Waals surface area contributed by atoms with Crippen LogP contribution in [-0.2, 0) is 0 Å². The van der Waals surface area contributed by atoms with Gasteiger partial charge in [0.05, 0.1) is 5.56 Å². The molecule has 0 atom stereocenters. The highest BCUT2D eigenvalue weighted by Crippen LogP contribution is 2.24. The van der Waals surface area contributed by atoms with Crippen LogP contribution in [0, 0.1) is 0 Å². The minimum atomic E-state index is -0.459. The molecule has 98 valence electrons. The smallest absolute Gasteiger partial charge is 0.252 e. The van der Waals surface area contributed by atoms with Crippen molar-refractivity contribution in [3.63, 3.8) is 0 Å². The van der Waals surface area contributed by atoms with Gasteiger partial charge in [-0.25, -0.2) is 15.0 Å². The highest BCUT2D eigenvalue weighted by atomic mass is 16.1. The van der Waals surface area contributed by atoms with Gasteiger partial charge < -0.3 is 10.6 Å². The van der Waals surface area contributed by atoms with E-state index in [1.807, 2.05) is 0 Å². The van der Waals surface area contributed by atoms with Gasteiger partial charge >= 0.3 is 0 Å². The molecule has 3 heterocycles. The summed E-state index contributed by atoms with van der Waals surface area (Å²) in [4.78, 5) is 26.3. The highest BCUT2D eigenvalue weighted by Gasteiger charge is 2.19. The van der Waals surface area contributed by atoms with Crippen LogP contribution in [0.5, 0.6) is 0 Å². The first-order chi connectivity index (χ1) is 9.25. The second-order valence-corrected chi connectivity index (χ2v) is 4.71. The van der Waals surface area contributed by atoms with Gasteiger partial charge in [-0.3, -0.25) is 4.79 Å². The summed E-state index contributed by atoms with van der Waals surface area (Å²) in [5.41, 5.74) is 6.51. The molecule has 1 aliphatic rings. The molecule has 2 aromatic heterocycles. The molecule has 0 aliphatic carbocycles. The second kappa shape index (κ2) is 4.79. The number of carbonyl (C=O) groups excluding carboxylic acids is 1. The van der Waals surface area contributed by atoms with Gasteiger partial charge in [-0.05, 0) is 25.3 Å². The second-order valence-electron chi connectivity index (χ2n) is 4.71. The van der Waals surface area contributed by atoms with Crippen molar-refractivity contribution in [2.45, 2.75) is 19.3 Å². The summed E-state index contributed by atoms with van der Waals surface area (Å²) in [6.07, 6.45) is 6.54. The molecular formula is C13H15N5O. The Morgan fingerprint density at radius 1 is 1.26 bits per heavy atom. The number of hydrogen-bond acceptors (Lipinski definition) is 5. The molecule has 1 aliphatic heterocycles. The number of nitrogens with zero attached hydrogens (tertiary/aromatic N) is 4. The molecule has 2 aromatic rings. The van der Waals surface area contributed by atoms with Gasteiger partial charge in [-0.15, -0.1) is 0 Å². The van der Waals surface area contributed by atoms with Gasteiger partial charge in [-0.2, -0.15) is 0 Å². The minimum Gasteiger partial charge on any atom is -0.365 e. The summed E-state index contributed by atoms with van der Waals surface area (Å²) in [5, 5.41) is 0.733. The summed E-state index contributed by atoms with van der Waals surface area (Å²) in [7, 11) is 0. The molecule has 1 saturated heterocycles. The summed E-state index contributed by atoms with van der Waals surface area (Å²) in [6.45, 7) is 1.81. The Hall–Kier alpha value is -2.24. The predicted octanol–water partition coefficient (Wildman–Crippen LogP) is 1.11. The van der Waals surface area contributed by atoms with Crippen molar-refractivity contribution in [1.82, 2.24) is 15.0 Å². The third-order valence-electron chi connectivity index (χ3n) is 3.39. The van der Waals surface area contributed by atoms with Crippen molar-refractivity contribution in [3.8, 4) is 0 Å². The third kappa shape index (κ3) is 2.21. The quantitative estimate of drug-likeness (QED) is 0.871. The van der Waals surface area contributed by atoms with Gasteiger partial charge in [0.2, 0.25) is 0 Å². The Labute approximate surface area is 110 Å². The van der Waals surface area contributed by atoms with E-state index in [9.17, 15) is 4.79 Å². The number of anilines is 1. The van der Waals surface area contributed by atoms with Crippen molar-refractivity contribution < 1.29 is 4.79 Å². The normalized spacial score (nSPS) is 15.7. The largest absolute Gasteiger partial charge is 0.365 e. The topological polar surface area (TPSA) is 85.0 Å². The van der Waals surface area contributed by atoms with Crippen molar-refractivity contribution in [2.24, 2.45) is 5.73 Å². The van der Waals surface area contributed by atoms with E-state index in [1.165, 1.54) is 12.7 Å². The van der Waals surface area contributed by atoms with Crippen LogP contribution in [0.3, 0.4) is 0 Å². The number of nitrogens with two attached hydrogens (primary N) is 1. The molecule has 0 radical (unpaired) electrons. The van der Waals surface area contributed by atoms with Gasteiger partial charge in [0.15, 0.2) is 5.65 Å². The Balaban J connectivity index is 2.14. The number of piperidine rings is 1. The maximum absolute atomic E-state index is 11.6. The van der Waals surface area contributed by atoms with Gasteiger partial charge in [-0.1, -0.05) is 0 Å². The molecule has 0 bridgehead atoms. The number of amides is 1. The number of rotatable bonds is 2. The number of fused-ring (bicyclic) bond motifs is 1. The van der Waals surface area contributed by atoms with Gasteiger partial charge in [0, 0.05) is 24.7 Å². The molecule has 0 unspecified atom stereocenters. The molecule has 1 amide bonds. The maximum Gasteiger partial charge on any atom is 0.252 e. The number of pyridine rings is 1.